The minimum absolute atomic E-state index is 0.153. The van der Waals surface area contributed by atoms with Gasteiger partial charge in [0.05, 0.1) is 16.3 Å². The Balaban J connectivity index is 1.45. The van der Waals surface area contributed by atoms with E-state index in [0.29, 0.717) is 25.3 Å². The number of amides is 2. The summed E-state index contributed by atoms with van der Waals surface area (Å²) in [7, 11) is -3.65. The Labute approximate surface area is 199 Å². The molecule has 1 aromatic carbocycles. The van der Waals surface area contributed by atoms with Crippen LogP contribution in [0.5, 0.6) is 0 Å². The van der Waals surface area contributed by atoms with Crippen molar-refractivity contribution in [2.24, 2.45) is 0 Å². The summed E-state index contributed by atoms with van der Waals surface area (Å²) < 4.78 is 27.9. The molecule has 34 heavy (non-hydrogen) atoms. The van der Waals surface area contributed by atoms with Crippen LogP contribution in [-0.2, 0) is 26.2 Å². The van der Waals surface area contributed by atoms with Crippen LogP contribution in [0.15, 0.2) is 47.6 Å². The number of sulfonamides is 1. The topological polar surface area (TPSA) is 103 Å². The third kappa shape index (κ3) is 4.27. The van der Waals surface area contributed by atoms with Crippen LogP contribution in [-0.4, -0.2) is 61.7 Å². The molecule has 180 valence electrons. The van der Waals surface area contributed by atoms with Gasteiger partial charge >= 0.3 is 0 Å². The monoisotopic (exact) mass is 483 g/mol. The molecule has 3 aliphatic rings. The number of anilines is 2. The Bertz CT molecular complexity index is 1180. The number of nitrogens with one attached hydrogen (secondary N) is 1. The molecule has 0 radical (unpaired) electrons. The average molecular weight is 484 g/mol. The summed E-state index contributed by atoms with van der Waals surface area (Å²) >= 11 is 0. The van der Waals surface area contributed by atoms with E-state index < -0.39 is 10.0 Å². The molecule has 0 spiro atoms. The fraction of sp³-hybridized carbons (Fsp3) is 0.458. The molecular formula is C24H29N5O4S. The summed E-state index contributed by atoms with van der Waals surface area (Å²) in [4.78, 5) is 34.1. The highest BCUT2D eigenvalue weighted by Crippen LogP contribution is 2.41. The first kappa shape index (κ1) is 22.8. The number of carbonyl (C=O) groups excluding carboxylic acids is 2. The number of nitrogens with zero attached hydrogens (tertiary/aromatic N) is 4. The van der Waals surface area contributed by atoms with Crippen molar-refractivity contribution in [2.45, 2.75) is 49.6 Å². The van der Waals surface area contributed by atoms with Gasteiger partial charge < -0.3 is 10.2 Å². The van der Waals surface area contributed by atoms with Crippen LogP contribution in [0.2, 0.25) is 0 Å². The summed E-state index contributed by atoms with van der Waals surface area (Å²) in [5.74, 6) is -0.459. The summed E-state index contributed by atoms with van der Waals surface area (Å²) in [6.07, 6.45) is 7.69. The van der Waals surface area contributed by atoms with E-state index in [9.17, 15) is 18.0 Å². The molecule has 10 heteroatoms. The second-order valence-corrected chi connectivity index (χ2v) is 11.0. The van der Waals surface area contributed by atoms with Gasteiger partial charge in [-0.1, -0.05) is 6.07 Å². The number of aromatic nitrogens is 1. The van der Waals surface area contributed by atoms with Crippen molar-refractivity contribution < 1.29 is 18.0 Å². The van der Waals surface area contributed by atoms with E-state index in [1.165, 1.54) is 9.21 Å². The Morgan fingerprint density at radius 3 is 2.62 bits per heavy atom. The molecule has 2 saturated heterocycles. The molecule has 3 aliphatic heterocycles. The summed E-state index contributed by atoms with van der Waals surface area (Å²) in [5.41, 5.74) is 2.16. The predicted molar refractivity (Wildman–Crippen MR) is 128 cm³/mol. The van der Waals surface area contributed by atoms with Crippen molar-refractivity contribution in [3.05, 3.63) is 48.3 Å². The molecule has 9 nitrogen and oxygen atoms in total. The first-order valence-corrected chi connectivity index (χ1v) is 13.3. The molecule has 0 unspecified atom stereocenters. The summed E-state index contributed by atoms with van der Waals surface area (Å²) in [6.45, 7) is 1.90. The Hall–Kier alpha value is -2.98. The number of fused-ring (bicyclic) bond motifs is 3. The van der Waals surface area contributed by atoms with E-state index in [-0.39, 0.29) is 29.3 Å². The molecule has 5 rings (SSSR count). The molecule has 2 amide bonds. The Morgan fingerprint density at radius 1 is 1.06 bits per heavy atom. The second kappa shape index (κ2) is 9.34. The molecular weight excluding hydrogens is 454 g/mol. The van der Waals surface area contributed by atoms with Gasteiger partial charge in [-0.05, 0) is 61.9 Å². The van der Waals surface area contributed by atoms with Gasteiger partial charge in [-0.2, -0.15) is 4.31 Å². The van der Waals surface area contributed by atoms with E-state index in [0.717, 1.165) is 49.9 Å². The predicted octanol–water partition coefficient (Wildman–Crippen LogP) is 1.89. The van der Waals surface area contributed by atoms with Crippen LogP contribution >= 0.6 is 0 Å². The van der Waals surface area contributed by atoms with Gasteiger partial charge in [0.25, 0.3) is 0 Å². The van der Waals surface area contributed by atoms with E-state index in [1.54, 1.807) is 36.7 Å². The lowest BCUT2D eigenvalue weighted by Gasteiger charge is -2.45. The molecule has 1 N–H and O–H groups in total. The van der Waals surface area contributed by atoms with E-state index in [2.05, 4.69) is 15.2 Å². The van der Waals surface area contributed by atoms with Crippen molar-refractivity contribution in [1.82, 2.24) is 14.6 Å². The highest BCUT2D eigenvalue weighted by molar-refractivity contribution is 7.89. The van der Waals surface area contributed by atoms with Crippen LogP contribution in [0.1, 0.15) is 37.7 Å². The smallest absolute Gasteiger partial charge is 0.250 e. The minimum atomic E-state index is -3.65. The molecule has 0 bridgehead atoms. The molecule has 2 fully saturated rings. The lowest BCUT2D eigenvalue weighted by Crippen LogP contribution is -2.57. The van der Waals surface area contributed by atoms with Gasteiger partial charge in [0.15, 0.2) is 0 Å². The number of benzene rings is 1. The number of rotatable bonds is 6. The third-order valence-electron chi connectivity index (χ3n) is 6.82. The van der Waals surface area contributed by atoms with Crippen LogP contribution in [0.25, 0.3) is 0 Å². The van der Waals surface area contributed by atoms with Crippen LogP contribution < -0.4 is 15.1 Å². The standard InChI is InChI=1S/C24H29N5O4S/c30-23(26-16-18-6-5-10-25-15-18)17-29-22-14-19(34(32,33)27-11-3-4-12-27)8-9-20(22)28-13-2-1-7-21(28)24(29)31/h5-6,8-10,14-15,21H,1-4,7,11-13,16-17H2,(H,26,30)/t21-/m1/s1. The molecule has 1 atom stereocenters. The molecule has 0 saturated carbocycles. The quantitative estimate of drug-likeness (QED) is 0.673. The zero-order valence-corrected chi connectivity index (χ0v) is 19.8. The maximum Gasteiger partial charge on any atom is 0.250 e. The Morgan fingerprint density at radius 2 is 1.85 bits per heavy atom. The van der Waals surface area contributed by atoms with Gasteiger partial charge in [0.2, 0.25) is 21.8 Å². The summed E-state index contributed by atoms with van der Waals surface area (Å²) in [5, 5.41) is 2.85. The fourth-order valence-corrected chi connectivity index (χ4v) is 6.58. The normalized spacial score (nSPS) is 20.7. The second-order valence-electron chi connectivity index (χ2n) is 9.03. The average Bonchev–Trinajstić information content (AvgIpc) is 3.42. The zero-order chi connectivity index (χ0) is 23.7. The lowest BCUT2D eigenvalue weighted by molar-refractivity contribution is -0.125. The van der Waals surface area contributed by atoms with E-state index >= 15 is 0 Å². The van der Waals surface area contributed by atoms with Crippen LogP contribution in [0, 0.1) is 0 Å². The lowest BCUT2D eigenvalue weighted by atomic mass is 9.96. The number of hydrogen-bond donors (Lipinski definition) is 1. The highest BCUT2D eigenvalue weighted by Gasteiger charge is 2.41. The van der Waals surface area contributed by atoms with E-state index in [1.807, 2.05) is 6.07 Å². The van der Waals surface area contributed by atoms with Crippen LogP contribution in [0.3, 0.4) is 0 Å². The maximum absolute atomic E-state index is 13.5. The number of carbonyl (C=O) groups is 2. The SMILES string of the molecule is O=C(CN1C(=O)[C@H]2CCCCN2c2ccc(S(=O)(=O)N3CCCC3)cc21)NCc1cccnc1. The number of hydrogen-bond acceptors (Lipinski definition) is 6. The largest absolute Gasteiger partial charge is 0.358 e. The maximum atomic E-state index is 13.5. The first-order chi connectivity index (χ1) is 16.4. The highest BCUT2D eigenvalue weighted by atomic mass is 32.2. The van der Waals surface area contributed by atoms with E-state index in [4.69, 9.17) is 0 Å². The molecule has 4 heterocycles. The van der Waals surface area contributed by atoms with Crippen molar-refractivity contribution in [3.63, 3.8) is 0 Å². The number of piperidine rings is 1. The fourth-order valence-electron chi connectivity index (χ4n) is 5.04. The van der Waals surface area contributed by atoms with Gasteiger partial charge in [-0.3, -0.25) is 19.5 Å². The molecule has 2 aromatic rings. The first-order valence-electron chi connectivity index (χ1n) is 11.8. The zero-order valence-electron chi connectivity index (χ0n) is 19.0. The van der Waals surface area contributed by atoms with Crippen molar-refractivity contribution in [3.8, 4) is 0 Å². The molecule has 1 aromatic heterocycles. The van der Waals surface area contributed by atoms with Crippen molar-refractivity contribution in [1.29, 1.82) is 0 Å². The number of pyridine rings is 1. The summed E-state index contributed by atoms with van der Waals surface area (Å²) in [6, 6.07) is 8.34. The minimum Gasteiger partial charge on any atom is -0.358 e. The Kier molecular flexibility index (Phi) is 6.26. The van der Waals surface area contributed by atoms with Gasteiger partial charge in [-0.25, -0.2) is 8.42 Å². The van der Waals surface area contributed by atoms with Gasteiger partial charge in [0.1, 0.15) is 12.6 Å². The van der Waals surface area contributed by atoms with Gasteiger partial charge in [-0.15, -0.1) is 0 Å². The third-order valence-corrected chi connectivity index (χ3v) is 8.71. The van der Waals surface area contributed by atoms with Crippen molar-refractivity contribution >= 4 is 33.2 Å². The van der Waals surface area contributed by atoms with Crippen molar-refractivity contribution in [2.75, 3.05) is 36.0 Å². The van der Waals surface area contributed by atoms with Gasteiger partial charge in [0, 0.05) is 38.6 Å². The molecule has 0 aliphatic carbocycles. The van der Waals surface area contributed by atoms with Crippen LogP contribution in [0.4, 0.5) is 11.4 Å².